The van der Waals surface area contributed by atoms with Crippen molar-refractivity contribution in [2.45, 2.75) is 17.4 Å². The van der Waals surface area contributed by atoms with Crippen molar-refractivity contribution in [1.29, 1.82) is 5.26 Å². The van der Waals surface area contributed by atoms with Crippen molar-refractivity contribution in [3.63, 3.8) is 0 Å². The van der Waals surface area contributed by atoms with Gasteiger partial charge in [0.25, 0.3) is 0 Å². The molecule has 6 heteroatoms. The molecule has 118 valence electrons. The minimum absolute atomic E-state index is 0.152. The van der Waals surface area contributed by atoms with Crippen molar-refractivity contribution in [3.05, 3.63) is 54.1 Å². The van der Waals surface area contributed by atoms with Gasteiger partial charge in [0.05, 0.1) is 22.6 Å². The average Bonchev–Trinajstić information content (AvgIpc) is 3.02. The highest BCUT2D eigenvalue weighted by Crippen LogP contribution is 2.25. The molecule has 2 aromatic carbocycles. The van der Waals surface area contributed by atoms with Crippen LogP contribution in [-0.2, 0) is 10.0 Å². The van der Waals surface area contributed by atoms with Crippen LogP contribution in [0.15, 0.2) is 53.4 Å². The number of hydrogen-bond acceptors (Lipinski definition) is 4. The molecule has 0 bridgehead atoms. The van der Waals surface area contributed by atoms with Gasteiger partial charge in [0.2, 0.25) is 10.0 Å². The molecule has 0 saturated carbocycles. The minimum atomic E-state index is -3.55. The molecular formula is C17H16N2O3S. The van der Waals surface area contributed by atoms with Crippen LogP contribution >= 0.6 is 0 Å². The highest BCUT2D eigenvalue weighted by Gasteiger charge is 2.31. The van der Waals surface area contributed by atoms with E-state index in [9.17, 15) is 13.5 Å². The molecular weight excluding hydrogens is 312 g/mol. The number of β-amino-alcohol motifs (C(OH)–C–C–N with tert-alkyl or cyclic N) is 1. The predicted molar refractivity (Wildman–Crippen MR) is 86.0 cm³/mol. The Morgan fingerprint density at radius 1 is 1.04 bits per heavy atom. The molecule has 1 heterocycles. The van der Waals surface area contributed by atoms with E-state index in [0.717, 1.165) is 11.1 Å². The number of aliphatic hydroxyl groups is 1. The molecule has 3 rings (SSSR count). The zero-order chi connectivity index (χ0) is 16.4. The molecule has 0 aliphatic carbocycles. The van der Waals surface area contributed by atoms with E-state index < -0.39 is 16.1 Å². The predicted octanol–water partition coefficient (Wildman–Crippen LogP) is 1.98. The summed E-state index contributed by atoms with van der Waals surface area (Å²) in [5.74, 6) is 0. The zero-order valence-electron chi connectivity index (χ0n) is 12.4. The van der Waals surface area contributed by atoms with Crippen molar-refractivity contribution >= 4 is 10.0 Å². The summed E-state index contributed by atoms with van der Waals surface area (Å²) >= 11 is 0. The van der Waals surface area contributed by atoms with E-state index >= 15 is 0 Å². The Morgan fingerprint density at radius 3 is 2.09 bits per heavy atom. The van der Waals surface area contributed by atoms with Crippen molar-refractivity contribution in [3.8, 4) is 17.2 Å². The van der Waals surface area contributed by atoms with Crippen LogP contribution in [0.5, 0.6) is 0 Å². The van der Waals surface area contributed by atoms with E-state index in [0.29, 0.717) is 18.5 Å². The lowest BCUT2D eigenvalue weighted by Crippen LogP contribution is -2.29. The van der Waals surface area contributed by atoms with Gasteiger partial charge in [0, 0.05) is 13.1 Å². The summed E-state index contributed by atoms with van der Waals surface area (Å²) in [5.41, 5.74) is 2.39. The second kappa shape index (κ2) is 6.13. The molecule has 1 unspecified atom stereocenters. The highest BCUT2D eigenvalue weighted by molar-refractivity contribution is 7.89. The maximum absolute atomic E-state index is 12.5. The van der Waals surface area contributed by atoms with Crippen molar-refractivity contribution in [1.82, 2.24) is 4.31 Å². The number of benzene rings is 2. The number of nitriles is 1. The summed E-state index contributed by atoms with van der Waals surface area (Å²) in [7, 11) is -3.55. The molecule has 0 radical (unpaired) electrons. The first-order valence-corrected chi connectivity index (χ1v) is 8.73. The highest BCUT2D eigenvalue weighted by atomic mass is 32.2. The maximum Gasteiger partial charge on any atom is 0.243 e. The second-order valence-corrected chi connectivity index (χ2v) is 7.46. The van der Waals surface area contributed by atoms with Crippen molar-refractivity contribution in [2.24, 2.45) is 0 Å². The summed E-state index contributed by atoms with van der Waals surface area (Å²) in [6.07, 6.45) is -0.106. The quantitative estimate of drug-likeness (QED) is 0.934. The third-order valence-electron chi connectivity index (χ3n) is 3.97. The molecule has 5 nitrogen and oxygen atoms in total. The normalized spacial score (nSPS) is 18.7. The van der Waals surface area contributed by atoms with Gasteiger partial charge < -0.3 is 5.11 Å². The van der Waals surface area contributed by atoms with Crippen LogP contribution in [0.4, 0.5) is 0 Å². The zero-order valence-corrected chi connectivity index (χ0v) is 13.2. The summed E-state index contributed by atoms with van der Waals surface area (Å²) in [6.45, 7) is 0.501. The van der Waals surface area contributed by atoms with Crippen LogP contribution in [0.1, 0.15) is 12.0 Å². The van der Waals surface area contributed by atoms with Gasteiger partial charge in [0.1, 0.15) is 0 Å². The molecule has 1 N–H and O–H groups in total. The number of sulfonamides is 1. The third-order valence-corrected chi connectivity index (χ3v) is 5.84. The Hall–Kier alpha value is -2.20. The van der Waals surface area contributed by atoms with Crippen LogP contribution in [0.25, 0.3) is 11.1 Å². The Balaban J connectivity index is 1.85. The van der Waals surface area contributed by atoms with Crippen LogP contribution in [-0.4, -0.2) is 37.0 Å². The monoisotopic (exact) mass is 328 g/mol. The molecule has 1 atom stereocenters. The molecule has 0 aromatic heterocycles. The number of hydrogen-bond donors (Lipinski definition) is 1. The lowest BCUT2D eigenvalue weighted by atomic mass is 10.0. The summed E-state index contributed by atoms with van der Waals surface area (Å²) in [5, 5.41) is 18.3. The van der Waals surface area contributed by atoms with Crippen LogP contribution in [0.2, 0.25) is 0 Å². The van der Waals surface area contributed by atoms with E-state index in [1.54, 1.807) is 36.4 Å². The average molecular weight is 328 g/mol. The fourth-order valence-electron chi connectivity index (χ4n) is 2.63. The first-order valence-electron chi connectivity index (χ1n) is 7.29. The van der Waals surface area contributed by atoms with Gasteiger partial charge in [-0.3, -0.25) is 0 Å². The van der Waals surface area contributed by atoms with Crippen LogP contribution in [0, 0.1) is 11.3 Å². The molecule has 1 aliphatic heterocycles. The SMILES string of the molecule is N#Cc1ccc(-c2ccc(S(=O)(=O)N3CCC(O)C3)cc2)cc1. The first-order chi connectivity index (χ1) is 11.0. The fraction of sp³-hybridized carbons (Fsp3) is 0.235. The molecule has 0 amide bonds. The standard InChI is InChI=1S/C17H16N2O3S/c18-11-13-1-3-14(4-2-13)15-5-7-17(8-6-15)23(21,22)19-10-9-16(20)12-19/h1-8,16,20H,9-10,12H2. The molecule has 1 fully saturated rings. The summed E-state index contributed by atoms with van der Waals surface area (Å²) in [6, 6.07) is 15.8. The fourth-order valence-corrected chi connectivity index (χ4v) is 4.13. The lowest BCUT2D eigenvalue weighted by molar-refractivity contribution is 0.189. The number of nitrogens with zero attached hydrogens (tertiary/aromatic N) is 2. The Morgan fingerprint density at radius 2 is 1.61 bits per heavy atom. The number of aliphatic hydroxyl groups excluding tert-OH is 1. The van der Waals surface area contributed by atoms with Crippen molar-refractivity contribution in [2.75, 3.05) is 13.1 Å². The van der Waals surface area contributed by atoms with E-state index in [2.05, 4.69) is 6.07 Å². The van der Waals surface area contributed by atoms with E-state index in [4.69, 9.17) is 5.26 Å². The Labute approximate surface area is 135 Å². The third kappa shape index (κ3) is 3.13. The molecule has 0 spiro atoms. The molecule has 1 saturated heterocycles. The summed E-state index contributed by atoms with van der Waals surface area (Å²) < 4.78 is 26.3. The van der Waals surface area contributed by atoms with Crippen LogP contribution in [0.3, 0.4) is 0 Å². The van der Waals surface area contributed by atoms with Gasteiger partial charge >= 0.3 is 0 Å². The molecule has 2 aromatic rings. The topological polar surface area (TPSA) is 81.4 Å². The maximum atomic E-state index is 12.5. The molecule has 1 aliphatic rings. The Kier molecular flexibility index (Phi) is 4.18. The van der Waals surface area contributed by atoms with Gasteiger partial charge in [-0.25, -0.2) is 8.42 Å². The van der Waals surface area contributed by atoms with Gasteiger partial charge in [-0.1, -0.05) is 24.3 Å². The second-order valence-electron chi connectivity index (χ2n) is 5.52. The minimum Gasteiger partial charge on any atom is -0.392 e. The number of rotatable bonds is 3. The van der Waals surface area contributed by atoms with Gasteiger partial charge in [-0.2, -0.15) is 9.57 Å². The van der Waals surface area contributed by atoms with Gasteiger partial charge in [0.15, 0.2) is 0 Å². The Bertz CT molecular complexity index is 837. The van der Waals surface area contributed by atoms with E-state index in [1.807, 2.05) is 12.1 Å². The van der Waals surface area contributed by atoms with E-state index in [-0.39, 0.29) is 11.4 Å². The van der Waals surface area contributed by atoms with Gasteiger partial charge in [-0.05, 0) is 41.8 Å². The van der Waals surface area contributed by atoms with Crippen molar-refractivity contribution < 1.29 is 13.5 Å². The van der Waals surface area contributed by atoms with E-state index in [1.165, 1.54) is 4.31 Å². The first kappa shape index (κ1) is 15.7. The van der Waals surface area contributed by atoms with Crippen LogP contribution < -0.4 is 0 Å². The molecule has 23 heavy (non-hydrogen) atoms. The lowest BCUT2D eigenvalue weighted by Gasteiger charge is -2.16. The largest absolute Gasteiger partial charge is 0.392 e. The van der Waals surface area contributed by atoms with Gasteiger partial charge in [-0.15, -0.1) is 0 Å². The smallest absolute Gasteiger partial charge is 0.243 e. The summed E-state index contributed by atoms with van der Waals surface area (Å²) in [4.78, 5) is 0.226.